The van der Waals surface area contributed by atoms with E-state index in [-0.39, 0.29) is 13.2 Å². The second kappa shape index (κ2) is 6.57. The van der Waals surface area contributed by atoms with Gasteiger partial charge in [0.1, 0.15) is 0 Å². The molecule has 0 radical (unpaired) electrons. The summed E-state index contributed by atoms with van der Waals surface area (Å²) in [6.07, 6.45) is -3.67. The third-order valence-electron chi connectivity index (χ3n) is 4.71. The van der Waals surface area contributed by atoms with Crippen molar-refractivity contribution in [3.63, 3.8) is 0 Å². The van der Waals surface area contributed by atoms with Gasteiger partial charge < -0.3 is 19.5 Å². The molecule has 1 atom stereocenters. The molecule has 1 aromatic heterocycles. The number of fused-ring (bicyclic) bond motifs is 2. The molecule has 1 N–H and O–H groups in total. The molecular weight excluding hydrogens is 377 g/mol. The number of benzene rings is 1. The molecule has 148 valence electrons. The summed E-state index contributed by atoms with van der Waals surface area (Å²) in [6, 6.07) is 7.29. The maximum Gasteiger partial charge on any atom is 0.390 e. The molecular formula is C19H17F3N2O4. The highest BCUT2D eigenvalue weighted by molar-refractivity contribution is 5.87. The van der Waals surface area contributed by atoms with E-state index in [1.165, 1.54) is 0 Å². The standard InChI is InChI=1S/C19H17F3N2O4/c1-18(17(25)24-7-5-19(20,21)22)9-13-12(4-6-23-16(13)28-18)11-2-3-14-15(8-11)27-10-26-14/h2-4,6,8H,5,7,9-10H2,1H3,(H,24,25). The summed E-state index contributed by atoms with van der Waals surface area (Å²) >= 11 is 0. The number of pyridine rings is 1. The number of hydrogen-bond donors (Lipinski definition) is 1. The van der Waals surface area contributed by atoms with Gasteiger partial charge >= 0.3 is 6.18 Å². The van der Waals surface area contributed by atoms with Crippen molar-refractivity contribution in [3.05, 3.63) is 36.0 Å². The Morgan fingerprint density at radius 2 is 2.04 bits per heavy atom. The SMILES string of the molecule is CC1(C(=O)NCCC(F)(F)F)Cc2c(-c3ccc4c(c3)OCO4)ccnc2O1. The zero-order chi connectivity index (χ0) is 19.9. The number of carbonyl (C=O) groups is 1. The molecule has 0 saturated carbocycles. The van der Waals surface area contributed by atoms with Gasteiger partial charge in [0, 0.05) is 24.7 Å². The Morgan fingerprint density at radius 3 is 2.82 bits per heavy atom. The number of nitrogens with one attached hydrogen (secondary N) is 1. The smallest absolute Gasteiger partial charge is 0.390 e. The van der Waals surface area contributed by atoms with Gasteiger partial charge in [0.2, 0.25) is 12.7 Å². The van der Waals surface area contributed by atoms with Gasteiger partial charge in [-0.15, -0.1) is 0 Å². The Labute approximate surface area is 158 Å². The van der Waals surface area contributed by atoms with Crippen LogP contribution in [0.1, 0.15) is 18.9 Å². The molecule has 2 aliphatic rings. The normalized spacial score (nSPS) is 19.9. The van der Waals surface area contributed by atoms with Crippen LogP contribution in [0.3, 0.4) is 0 Å². The van der Waals surface area contributed by atoms with Gasteiger partial charge in [-0.05, 0) is 36.2 Å². The first-order chi connectivity index (χ1) is 13.3. The van der Waals surface area contributed by atoms with Gasteiger partial charge in [-0.2, -0.15) is 13.2 Å². The first-order valence-corrected chi connectivity index (χ1v) is 8.67. The van der Waals surface area contributed by atoms with E-state index >= 15 is 0 Å². The maximum atomic E-state index is 12.5. The van der Waals surface area contributed by atoms with E-state index in [2.05, 4.69) is 10.3 Å². The fourth-order valence-electron chi connectivity index (χ4n) is 3.28. The molecule has 2 aliphatic heterocycles. The fourth-order valence-corrected chi connectivity index (χ4v) is 3.28. The first-order valence-electron chi connectivity index (χ1n) is 8.67. The molecule has 0 bridgehead atoms. The van der Waals surface area contributed by atoms with Crippen molar-refractivity contribution in [2.24, 2.45) is 0 Å². The third kappa shape index (κ3) is 3.44. The molecule has 0 saturated heterocycles. The number of carbonyl (C=O) groups excluding carboxylic acids is 1. The number of amides is 1. The lowest BCUT2D eigenvalue weighted by atomic mass is 9.93. The van der Waals surface area contributed by atoms with Crippen molar-refractivity contribution in [2.75, 3.05) is 13.3 Å². The largest absolute Gasteiger partial charge is 0.461 e. The summed E-state index contributed by atoms with van der Waals surface area (Å²) in [5.41, 5.74) is 1.05. The molecule has 9 heteroatoms. The van der Waals surface area contributed by atoms with Gasteiger partial charge in [0.15, 0.2) is 17.1 Å². The molecule has 0 spiro atoms. The van der Waals surface area contributed by atoms with Gasteiger partial charge in [-0.25, -0.2) is 4.98 Å². The molecule has 28 heavy (non-hydrogen) atoms. The Bertz CT molecular complexity index is 932. The van der Waals surface area contributed by atoms with E-state index in [1.807, 2.05) is 12.1 Å². The van der Waals surface area contributed by atoms with E-state index < -0.39 is 30.7 Å². The number of hydrogen-bond acceptors (Lipinski definition) is 5. The summed E-state index contributed by atoms with van der Waals surface area (Å²) in [7, 11) is 0. The van der Waals surface area contributed by atoms with Crippen molar-refractivity contribution in [2.45, 2.75) is 31.5 Å². The Kier molecular flexibility index (Phi) is 4.32. The van der Waals surface area contributed by atoms with Crippen LogP contribution in [-0.4, -0.2) is 36.0 Å². The van der Waals surface area contributed by atoms with Crippen LogP contribution >= 0.6 is 0 Å². The average molecular weight is 394 g/mol. The second-order valence-corrected chi connectivity index (χ2v) is 6.84. The number of aromatic nitrogens is 1. The van der Waals surface area contributed by atoms with Crippen LogP contribution in [-0.2, 0) is 11.2 Å². The lowest BCUT2D eigenvalue weighted by molar-refractivity contribution is -0.140. The van der Waals surface area contributed by atoms with Crippen molar-refractivity contribution in [1.29, 1.82) is 0 Å². The Hall–Kier alpha value is -2.97. The molecule has 4 rings (SSSR count). The van der Waals surface area contributed by atoms with Crippen molar-refractivity contribution in [1.82, 2.24) is 10.3 Å². The van der Waals surface area contributed by atoms with Gasteiger partial charge in [0.05, 0.1) is 6.42 Å². The Morgan fingerprint density at radius 1 is 1.25 bits per heavy atom. The number of ether oxygens (including phenoxy) is 3. The summed E-state index contributed by atoms with van der Waals surface area (Å²) in [5, 5.41) is 2.30. The van der Waals surface area contributed by atoms with Crippen LogP contribution in [0, 0.1) is 0 Å². The molecule has 1 unspecified atom stereocenters. The van der Waals surface area contributed by atoms with Gasteiger partial charge in [-0.1, -0.05) is 6.07 Å². The minimum absolute atomic E-state index is 0.159. The van der Waals surface area contributed by atoms with Gasteiger partial charge in [-0.3, -0.25) is 4.79 Å². The molecule has 1 amide bonds. The number of nitrogens with zero attached hydrogens (tertiary/aromatic N) is 1. The Balaban J connectivity index is 1.55. The predicted molar refractivity (Wildman–Crippen MR) is 92.2 cm³/mol. The van der Waals surface area contributed by atoms with E-state index in [9.17, 15) is 18.0 Å². The molecule has 0 aliphatic carbocycles. The summed E-state index contributed by atoms with van der Waals surface area (Å²) in [6.45, 7) is 1.20. The molecule has 2 aromatic rings. The molecule has 1 aromatic carbocycles. The topological polar surface area (TPSA) is 69.7 Å². The highest BCUT2D eigenvalue weighted by Gasteiger charge is 2.44. The quantitative estimate of drug-likeness (QED) is 0.862. The van der Waals surface area contributed by atoms with Crippen LogP contribution in [0.5, 0.6) is 17.4 Å². The van der Waals surface area contributed by atoms with E-state index in [1.54, 1.807) is 25.3 Å². The van der Waals surface area contributed by atoms with E-state index in [0.29, 0.717) is 17.4 Å². The number of rotatable bonds is 4. The highest BCUT2D eigenvalue weighted by atomic mass is 19.4. The van der Waals surface area contributed by atoms with Crippen LogP contribution in [0.15, 0.2) is 30.5 Å². The van der Waals surface area contributed by atoms with Crippen LogP contribution < -0.4 is 19.5 Å². The number of alkyl halides is 3. The maximum absolute atomic E-state index is 12.5. The molecule has 6 nitrogen and oxygen atoms in total. The molecule has 0 fully saturated rings. The number of halogens is 3. The minimum Gasteiger partial charge on any atom is -0.461 e. The third-order valence-corrected chi connectivity index (χ3v) is 4.71. The fraction of sp³-hybridized carbons (Fsp3) is 0.368. The van der Waals surface area contributed by atoms with Crippen LogP contribution in [0.25, 0.3) is 11.1 Å². The summed E-state index contributed by atoms with van der Waals surface area (Å²) < 4.78 is 53.4. The average Bonchev–Trinajstić information content (AvgIpc) is 3.23. The van der Waals surface area contributed by atoms with Crippen molar-refractivity contribution >= 4 is 5.91 Å². The lowest BCUT2D eigenvalue weighted by Gasteiger charge is -2.22. The monoisotopic (exact) mass is 394 g/mol. The van der Waals surface area contributed by atoms with Crippen LogP contribution in [0.4, 0.5) is 13.2 Å². The van der Waals surface area contributed by atoms with Crippen molar-refractivity contribution < 1.29 is 32.2 Å². The van der Waals surface area contributed by atoms with E-state index in [4.69, 9.17) is 14.2 Å². The first kappa shape index (κ1) is 18.4. The minimum atomic E-state index is -4.33. The molecule has 3 heterocycles. The van der Waals surface area contributed by atoms with E-state index in [0.717, 1.165) is 16.7 Å². The predicted octanol–water partition coefficient (Wildman–Crippen LogP) is 3.24. The zero-order valence-electron chi connectivity index (χ0n) is 14.9. The second-order valence-electron chi connectivity index (χ2n) is 6.84. The van der Waals surface area contributed by atoms with Gasteiger partial charge in [0.25, 0.3) is 5.91 Å². The summed E-state index contributed by atoms with van der Waals surface area (Å²) in [4.78, 5) is 16.6. The van der Waals surface area contributed by atoms with Crippen LogP contribution in [0.2, 0.25) is 0 Å². The van der Waals surface area contributed by atoms with Crippen molar-refractivity contribution in [3.8, 4) is 28.5 Å². The lowest BCUT2D eigenvalue weighted by Crippen LogP contribution is -2.48. The zero-order valence-corrected chi connectivity index (χ0v) is 14.9. The highest BCUT2D eigenvalue weighted by Crippen LogP contribution is 2.42. The summed E-state index contributed by atoms with van der Waals surface area (Å²) in [5.74, 6) is 0.962.